The van der Waals surface area contributed by atoms with Gasteiger partial charge in [0.15, 0.2) is 5.71 Å². The molecular formula is C22H31N3O3. The number of rotatable bonds is 8. The van der Waals surface area contributed by atoms with Crippen LogP contribution in [0.1, 0.15) is 75.8 Å². The Morgan fingerprint density at radius 3 is 2.75 bits per heavy atom. The third-order valence-electron chi connectivity index (χ3n) is 5.72. The molecule has 6 nitrogen and oxygen atoms in total. The Labute approximate surface area is 167 Å². The Kier molecular flexibility index (Phi) is 7.06. The fourth-order valence-electron chi connectivity index (χ4n) is 4.18. The number of carbonyl (C=O) groups is 2. The summed E-state index contributed by atoms with van der Waals surface area (Å²) < 4.78 is 5.49. The molecule has 1 saturated carbocycles. The number of amides is 2. The van der Waals surface area contributed by atoms with Crippen molar-refractivity contribution in [3.63, 3.8) is 0 Å². The van der Waals surface area contributed by atoms with E-state index in [1.807, 2.05) is 12.1 Å². The van der Waals surface area contributed by atoms with Crippen LogP contribution in [0.25, 0.3) is 0 Å². The van der Waals surface area contributed by atoms with Crippen molar-refractivity contribution in [2.24, 2.45) is 11.0 Å². The van der Waals surface area contributed by atoms with E-state index in [0.29, 0.717) is 12.3 Å². The van der Waals surface area contributed by atoms with Gasteiger partial charge in [-0.25, -0.2) is 5.43 Å². The predicted octanol–water partition coefficient (Wildman–Crippen LogP) is 4.17. The number of unbranched alkanes of at least 4 members (excludes halogenated alkanes) is 2. The van der Waals surface area contributed by atoms with Crippen molar-refractivity contribution in [1.29, 1.82) is 0 Å². The smallest absolute Gasteiger partial charge is 0.276 e. The number of hydrazone groups is 1. The van der Waals surface area contributed by atoms with Gasteiger partial charge in [0.2, 0.25) is 5.91 Å². The van der Waals surface area contributed by atoms with Crippen LogP contribution >= 0.6 is 0 Å². The van der Waals surface area contributed by atoms with Crippen molar-refractivity contribution in [3.05, 3.63) is 23.3 Å². The number of hydrogen-bond acceptors (Lipinski definition) is 4. The van der Waals surface area contributed by atoms with Gasteiger partial charge >= 0.3 is 0 Å². The topological polar surface area (TPSA) is 79.8 Å². The largest absolute Gasteiger partial charge is 0.496 e. The molecule has 0 aromatic heterocycles. The molecule has 6 heteroatoms. The molecule has 3 rings (SSSR count). The van der Waals surface area contributed by atoms with E-state index in [2.05, 4.69) is 22.8 Å². The van der Waals surface area contributed by atoms with E-state index >= 15 is 0 Å². The molecule has 0 saturated heterocycles. The van der Waals surface area contributed by atoms with Crippen molar-refractivity contribution in [2.45, 2.75) is 71.1 Å². The third kappa shape index (κ3) is 4.72. The minimum absolute atomic E-state index is 0.114. The molecule has 2 N–H and O–H groups in total. The number of carbonyl (C=O) groups excluding carboxylic acids is 2. The summed E-state index contributed by atoms with van der Waals surface area (Å²) in [5.74, 6) is 0.820. The first kappa shape index (κ1) is 20.4. The lowest BCUT2D eigenvalue weighted by molar-refractivity contribution is -0.122. The second-order valence-corrected chi connectivity index (χ2v) is 7.78. The molecule has 1 aromatic rings. The van der Waals surface area contributed by atoms with Crippen LogP contribution in [-0.4, -0.2) is 24.6 Å². The van der Waals surface area contributed by atoms with Crippen LogP contribution in [-0.2, 0) is 16.0 Å². The highest BCUT2D eigenvalue weighted by Crippen LogP contribution is 2.35. The van der Waals surface area contributed by atoms with Gasteiger partial charge in [-0.2, -0.15) is 5.10 Å². The van der Waals surface area contributed by atoms with Gasteiger partial charge in [-0.05, 0) is 43.7 Å². The van der Waals surface area contributed by atoms with E-state index in [9.17, 15) is 9.59 Å². The first-order valence-corrected chi connectivity index (χ1v) is 10.5. The van der Waals surface area contributed by atoms with Crippen molar-refractivity contribution in [2.75, 3.05) is 12.4 Å². The number of nitrogens with zero attached hydrogens (tertiary/aromatic N) is 1. The predicted molar refractivity (Wildman–Crippen MR) is 111 cm³/mol. The zero-order valence-electron chi connectivity index (χ0n) is 17.0. The van der Waals surface area contributed by atoms with Gasteiger partial charge in [-0.15, -0.1) is 0 Å². The highest BCUT2D eigenvalue weighted by Gasteiger charge is 2.30. The Balaban J connectivity index is 1.73. The Bertz CT molecular complexity index is 752. The van der Waals surface area contributed by atoms with Crippen molar-refractivity contribution >= 4 is 23.2 Å². The molecule has 2 aliphatic rings. The minimum atomic E-state index is -0.280. The summed E-state index contributed by atoms with van der Waals surface area (Å²) in [7, 11) is 1.64. The Morgan fingerprint density at radius 2 is 2.04 bits per heavy atom. The number of benzene rings is 1. The van der Waals surface area contributed by atoms with Crippen LogP contribution in [0.3, 0.4) is 0 Å². The number of anilines is 1. The first-order chi connectivity index (χ1) is 13.6. The number of methoxy groups -OCH3 is 1. The number of hydrogen-bond donors (Lipinski definition) is 2. The van der Waals surface area contributed by atoms with E-state index in [-0.39, 0.29) is 17.5 Å². The highest BCUT2D eigenvalue weighted by molar-refractivity contribution is 6.54. The first-order valence-electron chi connectivity index (χ1n) is 10.5. The van der Waals surface area contributed by atoms with E-state index in [1.165, 1.54) is 19.3 Å². The fraction of sp³-hybridized carbons (Fsp3) is 0.591. The van der Waals surface area contributed by atoms with E-state index < -0.39 is 0 Å². The van der Waals surface area contributed by atoms with Gasteiger partial charge in [0.25, 0.3) is 5.91 Å². The van der Waals surface area contributed by atoms with Crippen molar-refractivity contribution < 1.29 is 14.3 Å². The molecule has 1 aliphatic carbocycles. The minimum Gasteiger partial charge on any atom is -0.496 e. The normalized spacial score (nSPS) is 18.1. The number of nitrogens with one attached hydrogen (secondary N) is 2. The monoisotopic (exact) mass is 385 g/mol. The number of fused-ring (bicyclic) bond motifs is 1. The fourth-order valence-corrected chi connectivity index (χ4v) is 4.18. The van der Waals surface area contributed by atoms with Crippen LogP contribution in [0, 0.1) is 5.92 Å². The molecule has 1 aliphatic heterocycles. The summed E-state index contributed by atoms with van der Waals surface area (Å²) in [4.78, 5) is 24.7. The molecule has 0 radical (unpaired) electrons. The van der Waals surface area contributed by atoms with Gasteiger partial charge < -0.3 is 10.1 Å². The van der Waals surface area contributed by atoms with E-state index in [0.717, 1.165) is 61.1 Å². The molecule has 0 unspecified atom stereocenters. The summed E-state index contributed by atoms with van der Waals surface area (Å²) in [6.45, 7) is 2.16. The Morgan fingerprint density at radius 1 is 1.25 bits per heavy atom. The maximum atomic E-state index is 12.5. The van der Waals surface area contributed by atoms with Crippen LogP contribution < -0.4 is 15.5 Å². The quantitative estimate of drug-likeness (QED) is 0.521. The molecule has 0 bridgehead atoms. The van der Waals surface area contributed by atoms with Gasteiger partial charge in [0.05, 0.1) is 12.8 Å². The zero-order valence-corrected chi connectivity index (χ0v) is 17.0. The Hall–Kier alpha value is -2.37. The summed E-state index contributed by atoms with van der Waals surface area (Å²) in [5, 5.41) is 7.09. The van der Waals surface area contributed by atoms with Crippen LogP contribution in [0.15, 0.2) is 17.2 Å². The lowest BCUT2D eigenvalue weighted by Crippen LogP contribution is -2.25. The van der Waals surface area contributed by atoms with Crippen LogP contribution in [0.5, 0.6) is 5.75 Å². The molecule has 1 heterocycles. The lowest BCUT2D eigenvalue weighted by Gasteiger charge is -2.20. The summed E-state index contributed by atoms with van der Waals surface area (Å²) >= 11 is 0. The average molecular weight is 386 g/mol. The second-order valence-electron chi connectivity index (χ2n) is 7.78. The number of ether oxygens (including phenoxy) is 1. The van der Waals surface area contributed by atoms with Crippen LogP contribution in [0.4, 0.5) is 5.69 Å². The summed E-state index contributed by atoms with van der Waals surface area (Å²) in [5.41, 5.74) is 5.37. The van der Waals surface area contributed by atoms with Gasteiger partial charge in [-0.3, -0.25) is 9.59 Å². The van der Waals surface area contributed by atoms with Crippen LogP contribution in [0.2, 0.25) is 0 Å². The second kappa shape index (κ2) is 9.71. The highest BCUT2D eigenvalue weighted by atomic mass is 16.5. The molecule has 152 valence electrons. The van der Waals surface area contributed by atoms with E-state index in [1.54, 1.807) is 7.11 Å². The van der Waals surface area contributed by atoms with Gasteiger partial charge in [-0.1, -0.05) is 39.0 Å². The molecule has 1 fully saturated rings. The van der Waals surface area contributed by atoms with Crippen molar-refractivity contribution in [3.8, 4) is 5.75 Å². The summed E-state index contributed by atoms with van der Waals surface area (Å²) in [6, 6.07) is 3.71. The summed E-state index contributed by atoms with van der Waals surface area (Å²) in [6.07, 6.45) is 10.5. The van der Waals surface area contributed by atoms with Gasteiger partial charge in [0.1, 0.15) is 5.75 Å². The molecule has 28 heavy (non-hydrogen) atoms. The average Bonchev–Trinajstić information content (AvgIpc) is 3.03. The molecule has 2 amide bonds. The van der Waals surface area contributed by atoms with E-state index in [4.69, 9.17) is 4.74 Å². The van der Waals surface area contributed by atoms with Crippen molar-refractivity contribution in [1.82, 2.24) is 5.43 Å². The molecule has 0 spiro atoms. The standard InChI is InChI=1S/C22H31N3O3/c1-3-4-6-11-16-18(28-2)13-12-17-20(16)23-22(27)21(17)25-24-19(26)14-15-9-7-5-8-10-15/h12-13,15H,3-11,14H2,1-2H3,(H,24,26)(H,23,25,27). The maximum Gasteiger partial charge on any atom is 0.276 e. The van der Waals surface area contributed by atoms with Gasteiger partial charge in [0, 0.05) is 17.5 Å². The third-order valence-corrected chi connectivity index (χ3v) is 5.72. The maximum absolute atomic E-state index is 12.5. The molecule has 1 aromatic carbocycles. The molecule has 0 atom stereocenters. The lowest BCUT2D eigenvalue weighted by atomic mass is 9.87. The SMILES string of the molecule is CCCCCc1c(OC)ccc2c1NC(=O)/C2=N\NC(=O)CC1CCCCC1. The molecular weight excluding hydrogens is 354 g/mol. The zero-order chi connectivity index (χ0) is 19.9.